The van der Waals surface area contributed by atoms with Gasteiger partial charge in [-0.15, -0.1) is 0 Å². The highest BCUT2D eigenvalue weighted by molar-refractivity contribution is 6.30. The van der Waals surface area contributed by atoms with E-state index in [-0.39, 0.29) is 23.6 Å². The summed E-state index contributed by atoms with van der Waals surface area (Å²) in [7, 11) is 1.61. The molecular weight excluding hydrogens is 436 g/mol. The molecule has 3 aromatic rings. The highest BCUT2D eigenvalue weighted by atomic mass is 35.5. The predicted octanol–water partition coefficient (Wildman–Crippen LogP) is 6.57. The quantitative estimate of drug-likeness (QED) is 0.478. The first-order valence-corrected chi connectivity index (χ1v) is 11.5. The number of carbonyl (C=O) groups excluding carboxylic acids is 1. The molecule has 2 aliphatic rings. The minimum Gasteiger partial charge on any atom is -0.497 e. The number of ether oxygens (including phenoxy) is 2. The Balaban J connectivity index is 1.51. The molecule has 3 unspecified atom stereocenters. The summed E-state index contributed by atoms with van der Waals surface area (Å²) in [5, 5.41) is 4.44. The first kappa shape index (κ1) is 21.7. The highest BCUT2D eigenvalue weighted by Gasteiger charge is 2.54. The fraction of sp³-hybridized carbons (Fsp3) is 0.296. The van der Waals surface area contributed by atoms with Crippen LogP contribution in [0.25, 0.3) is 0 Å². The van der Waals surface area contributed by atoms with Crippen LogP contribution >= 0.6 is 11.6 Å². The van der Waals surface area contributed by atoms with Gasteiger partial charge in [0, 0.05) is 23.2 Å². The number of halogens is 1. The van der Waals surface area contributed by atoms with Crippen LogP contribution in [0, 0.1) is 6.92 Å². The minimum absolute atomic E-state index is 0.230. The molecule has 5 nitrogen and oxygen atoms in total. The Bertz CT molecular complexity index is 1180. The van der Waals surface area contributed by atoms with E-state index in [0.29, 0.717) is 23.1 Å². The van der Waals surface area contributed by atoms with Crippen LogP contribution in [0.5, 0.6) is 11.5 Å². The maximum Gasteiger partial charge on any atom is 0.415 e. The molecule has 0 aliphatic carbocycles. The number of methoxy groups -OCH3 is 1. The molecule has 0 aromatic heterocycles. The van der Waals surface area contributed by atoms with Gasteiger partial charge in [-0.05, 0) is 73.9 Å². The Hall–Kier alpha value is -3.18. The second-order valence-corrected chi connectivity index (χ2v) is 9.47. The van der Waals surface area contributed by atoms with Gasteiger partial charge in [0.2, 0.25) is 0 Å². The Kier molecular flexibility index (Phi) is 5.45. The summed E-state index contributed by atoms with van der Waals surface area (Å²) >= 11 is 6.19. The highest BCUT2D eigenvalue weighted by Crippen LogP contribution is 2.55. The molecule has 1 amide bonds. The fourth-order valence-electron chi connectivity index (χ4n) is 5.39. The van der Waals surface area contributed by atoms with Crippen molar-refractivity contribution in [2.45, 2.75) is 37.8 Å². The first-order valence-electron chi connectivity index (χ1n) is 11.2. The lowest BCUT2D eigenvalue weighted by Gasteiger charge is -2.49. The van der Waals surface area contributed by atoms with Crippen LogP contribution < -0.4 is 14.8 Å². The van der Waals surface area contributed by atoms with Crippen molar-refractivity contribution in [2.24, 2.45) is 0 Å². The molecule has 1 saturated heterocycles. The molecule has 3 aromatic carbocycles. The van der Waals surface area contributed by atoms with E-state index in [1.54, 1.807) is 31.4 Å². The van der Waals surface area contributed by atoms with Crippen LogP contribution in [0.15, 0.2) is 66.7 Å². The number of likely N-dealkylation sites (tertiary alicyclic amines) is 1. The van der Waals surface area contributed by atoms with Gasteiger partial charge >= 0.3 is 6.09 Å². The molecule has 5 rings (SSSR count). The van der Waals surface area contributed by atoms with Gasteiger partial charge in [-0.25, -0.2) is 4.79 Å². The number of anilines is 1. The van der Waals surface area contributed by atoms with Crippen LogP contribution in [0.2, 0.25) is 5.02 Å². The van der Waals surface area contributed by atoms with E-state index in [1.807, 2.05) is 29.2 Å². The lowest BCUT2D eigenvalue weighted by atomic mass is 9.71. The normalized spacial score (nSPS) is 23.3. The maximum atomic E-state index is 13.4. The van der Waals surface area contributed by atoms with Crippen molar-refractivity contribution in [1.29, 1.82) is 0 Å². The number of benzene rings is 3. The summed E-state index contributed by atoms with van der Waals surface area (Å²) in [4.78, 5) is 15.3. The van der Waals surface area contributed by atoms with Gasteiger partial charge in [0.15, 0.2) is 0 Å². The second kappa shape index (κ2) is 8.31. The summed E-state index contributed by atoms with van der Waals surface area (Å²) in [6.45, 7) is 4.92. The molecule has 1 fully saturated rings. The van der Waals surface area contributed by atoms with Crippen molar-refractivity contribution in [3.8, 4) is 11.5 Å². The molecule has 2 heterocycles. The average molecular weight is 463 g/mol. The van der Waals surface area contributed by atoms with Gasteiger partial charge in [-0.1, -0.05) is 41.4 Å². The topological polar surface area (TPSA) is 50.8 Å². The molecule has 6 heteroatoms. The molecule has 0 bridgehead atoms. The number of carbonyl (C=O) groups is 1. The molecular formula is C27H27ClN2O3. The number of aryl methyl sites for hydroxylation is 1. The number of hydrogen-bond donors (Lipinski definition) is 1. The summed E-state index contributed by atoms with van der Waals surface area (Å²) < 4.78 is 11.0. The van der Waals surface area contributed by atoms with Crippen LogP contribution in [0.1, 0.15) is 42.0 Å². The number of piperidine rings is 1. The molecule has 1 N–H and O–H groups in total. The minimum atomic E-state index is -0.388. The monoisotopic (exact) mass is 462 g/mol. The molecule has 0 spiro atoms. The predicted molar refractivity (Wildman–Crippen MR) is 130 cm³/mol. The van der Waals surface area contributed by atoms with Crippen LogP contribution in [0.4, 0.5) is 10.5 Å². The van der Waals surface area contributed by atoms with E-state index in [4.69, 9.17) is 21.1 Å². The Labute approximate surface area is 199 Å². The Morgan fingerprint density at radius 2 is 1.76 bits per heavy atom. The van der Waals surface area contributed by atoms with Crippen molar-refractivity contribution in [3.63, 3.8) is 0 Å². The number of fused-ring (bicyclic) bond motifs is 3. The van der Waals surface area contributed by atoms with Crippen molar-refractivity contribution < 1.29 is 14.3 Å². The third-order valence-electron chi connectivity index (χ3n) is 6.93. The summed E-state index contributed by atoms with van der Waals surface area (Å²) in [6.07, 6.45) is 0.482. The zero-order valence-electron chi connectivity index (χ0n) is 19.0. The summed E-state index contributed by atoms with van der Waals surface area (Å²) in [6, 6.07) is 21.1. The fourth-order valence-corrected chi connectivity index (χ4v) is 5.52. The average Bonchev–Trinajstić information content (AvgIpc) is 3.11. The Morgan fingerprint density at radius 3 is 2.45 bits per heavy atom. The lowest BCUT2D eigenvalue weighted by Crippen LogP contribution is -2.57. The number of hydrogen-bond acceptors (Lipinski definition) is 4. The number of amides is 1. The van der Waals surface area contributed by atoms with Gasteiger partial charge in [0.1, 0.15) is 11.5 Å². The third-order valence-corrected chi connectivity index (χ3v) is 7.19. The van der Waals surface area contributed by atoms with Crippen LogP contribution in [0.3, 0.4) is 0 Å². The van der Waals surface area contributed by atoms with E-state index in [2.05, 4.69) is 37.4 Å². The Morgan fingerprint density at radius 1 is 1.06 bits per heavy atom. The van der Waals surface area contributed by atoms with Crippen LogP contribution in [-0.4, -0.2) is 30.2 Å². The molecule has 0 saturated carbocycles. The van der Waals surface area contributed by atoms with E-state index in [1.165, 1.54) is 11.1 Å². The summed E-state index contributed by atoms with van der Waals surface area (Å²) in [5.74, 6) is 1.48. The first-order chi connectivity index (χ1) is 15.9. The SMILES string of the molecule is COc1ccc(OC(=O)N2CCC3c4cc(C)ccc4NC3(C)C2c2ccc(Cl)cc2)cc1. The van der Waals surface area contributed by atoms with E-state index in [9.17, 15) is 4.79 Å². The van der Waals surface area contributed by atoms with Gasteiger partial charge in [-0.3, -0.25) is 4.90 Å². The van der Waals surface area contributed by atoms with Crippen molar-refractivity contribution in [1.82, 2.24) is 4.90 Å². The zero-order chi connectivity index (χ0) is 23.2. The van der Waals surface area contributed by atoms with E-state index in [0.717, 1.165) is 17.7 Å². The standard InChI is InChI=1S/C27H27ClN2O3/c1-17-4-13-24-22(16-17)23-14-15-30(26(31)33-21-11-9-20(32-3)10-12-21)25(27(23,2)29-24)18-5-7-19(28)8-6-18/h4-13,16,23,25,29H,14-15H2,1-3H3. The maximum absolute atomic E-state index is 13.4. The second-order valence-electron chi connectivity index (χ2n) is 9.03. The third kappa shape index (κ3) is 3.80. The largest absolute Gasteiger partial charge is 0.497 e. The van der Waals surface area contributed by atoms with Gasteiger partial charge in [-0.2, -0.15) is 0 Å². The summed E-state index contributed by atoms with van der Waals surface area (Å²) in [5.41, 5.74) is 4.33. The molecule has 3 atom stereocenters. The number of nitrogens with one attached hydrogen (secondary N) is 1. The van der Waals surface area contributed by atoms with Crippen LogP contribution in [-0.2, 0) is 0 Å². The molecule has 170 valence electrons. The van der Waals surface area contributed by atoms with Gasteiger partial charge in [0.25, 0.3) is 0 Å². The van der Waals surface area contributed by atoms with Gasteiger partial charge in [0.05, 0.1) is 18.7 Å². The number of nitrogens with zero attached hydrogens (tertiary/aromatic N) is 1. The van der Waals surface area contributed by atoms with Crippen molar-refractivity contribution in [3.05, 3.63) is 88.4 Å². The zero-order valence-corrected chi connectivity index (χ0v) is 19.7. The molecule has 33 heavy (non-hydrogen) atoms. The van der Waals surface area contributed by atoms with Crippen molar-refractivity contribution >= 4 is 23.4 Å². The van der Waals surface area contributed by atoms with Gasteiger partial charge < -0.3 is 14.8 Å². The smallest absolute Gasteiger partial charge is 0.415 e. The molecule has 2 aliphatic heterocycles. The van der Waals surface area contributed by atoms with E-state index < -0.39 is 0 Å². The molecule has 0 radical (unpaired) electrons. The lowest BCUT2D eigenvalue weighted by molar-refractivity contribution is 0.0740. The number of rotatable bonds is 3. The van der Waals surface area contributed by atoms with E-state index >= 15 is 0 Å². The van der Waals surface area contributed by atoms with Crippen molar-refractivity contribution in [2.75, 3.05) is 19.0 Å².